The lowest BCUT2D eigenvalue weighted by molar-refractivity contribution is -0.160. The van der Waals surface area contributed by atoms with Crippen molar-refractivity contribution in [1.29, 1.82) is 0 Å². The number of ether oxygens (including phenoxy) is 6. The van der Waals surface area contributed by atoms with E-state index in [4.69, 9.17) is 28.4 Å². The van der Waals surface area contributed by atoms with Crippen LogP contribution >= 0.6 is 0 Å². The fourth-order valence-electron chi connectivity index (χ4n) is 6.34. The summed E-state index contributed by atoms with van der Waals surface area (Å²) < 4.78 is 36.3. The number of carbonyl (C=O) groups is 3. The van der Waals surface area contributed by atoms with E-state index >= 15 is 0 Å². The molecular weight excluding hydrogens is 751 g/mol. The maximum Gasteiger partial charge on any atom is 0.306 e. The summed E-state index contributed by atoms with van der Waals surface area (Å²) in [4.78, 5) is 37.7. The highest BCUT2D eigenvalue weighted by molar-refractivity contribution is 5.70. The van der Waals surface area contributed by atoms with Gasteiger partial charge in [0, 0.05) is 32.1 Å². The molecule has 0 saturated carbocycles. The van der Waals surface area contributed by atoms with Crippen LogP contribution in [0.2, 0.25) is 0 Å². The first-order chi connectivity index (χ1) is 28.4. The molecule has 0 bridgehead atoms. The summed E-state index contributed by atoms with van der Waals surface area (Å²) >= 11 is 0. The number of aromatic nitrogens is 3. The smallest absolute Gasteiger partial charge is 0.306 e. The predicted molar refractivity (Wildman–Crippen MR) is 231 cm³/mol. The number of nitrogens with zero attached hydrogens (tertiary/aromatic N) is 3. The highest BCUT2D eigenvalue weighted by atomic mass is 16.6. The van der Waals surface area contributed by atoms with E-state index in [1.165, 1.54) is 51.4 Å². The molecule has 0 saturated heterocycles. The Labute approximate surface area is 356 Å². The molecule has 2 aromatic rings. The zero-order valence-corrected chi connectivity index (χ0v) is 37.6. The van der Waals surface area contributed by atoms with Gasteiger partial charge in [0.2, 0.25) is 0 Å². The van der Waals surface area contributed by atoms with Crippen molar-refractivity contribution in [2.24, 2.45) is 0 Å². The van der Waals surface area contributed by atoms with E-state index < -0.39 is 6.10 Å². The van der Waals surface area contributed by atoms with Gasteiger partial charge in [-0.05, 0) is 58.9 Å². The SMILES string of the molecule is CCCCCCCCCC(=O)OCC(Cn1cc(CCC(=O)OCCOCCC(C)(C)OCCC(C)(C)OCc2ccccc2)nn1)OC(=O)CCCCCCCCC. The van der Waals surface area contributed by atoms with Crippen molar-refractivity contribution in [3.05, 3.63) is 47.8 Å². The highest BCUT2D eigenvalue weighted by Crippen LogP contribution is 2.21. The minimum absolute atomic E-state index is 0.0461. The van der Waals surface area contributed by atoms with Gasteiger partial charge >= 0.3 is 17.9 Å². The Morgan fingerprint density at radius 3 is 1.88 bits per heavy atom. The van der Waals surface area contributed by atoms with Crippen molar-refractivity contribution in [2.75, 3.05) is 33.0 Å². The molecule has 1 aromatic heterocycles. The van der Waals surface area contributed by atoms with Gasteiger partial charge in [-0.1, -0.05) is 126 Å². The molecule has 2 rings (SSSR count). The molecule has 59 heavy (non-hydrogen) atoms. The number of benzene rings is 1. The van der Waals surface area contributed by atoms with Crippen LogP contribution in [-0.2, 0) is 62.4 Å². The summed E-state index contributed by atoms with van der Waals surface area (Å²) in [6, 6.07) is 10.1. The van der Waals surface area contributed by atoms with E-state index in [2.05, 4.69) is 50.1 Å². The van der Waals surface area contributed by atoms with Gasteiger partial charge < -0.3 is 28.4 Å². The Morgan fingerprint density at radius 1 is 0.644 bits per heavy atom. The van der Waals surface area contributed by atoms with Crippen molar-refractivity contribution in [3.63, 3.8) is 0 Å². The average Bonchev–Trinajstić information content (AvgIpc) is 3.66. The first-order valence-corrected chi connectivity index (χ1v) is 22.7. The second kappa shape index (κ2) is 31.5. The van der Waals surface area contributed by atoms with Crippen LogP contribution in [0.1, 0.15) is 175 Å². The van der Waals surface area contributed by atoms with Crippen LogP contribution in [-0.4, -0.2) is 83.2 Å². The number of esters is 3. The van der Waals surface area contributed by atoms with Crippen molar-refractivity contribution < 1.29 is 42.8 Å². The number of aryl methyl sites for hydroxylation is 1. The summed E-state index contributed by atoms with van der Waals surface area (Å²) in [5, 5.41) is 8.38. The average molecular weight is 830 g/mol. The molecule has 0 N–H and O–H groups in total. The van der Waals surface area contributed by atoms with Crippen molar-refractivity contribution in [1.82, 2.24) is 15.0 Å². The van der Waals surface area contributed by atoms with Crippen molar-refractivity contribution in [3.8, 4) is 0 Å². The summed E-state index contributed by atoms with van der Waals surface area (Å²) in [6.45, 7) is 14.9. The Balaban J connectivity index is 1.68. The van der Waals surface area contributed by atoms with Crippen LogP contribution < -0.4 is 0 Å². The minimum atomic E-state index is -0.696. The topological polar surface area (TPSA) is 137 Å². The Kier molecular flexibility index (Phi) is 27.7. The van der Waals surface area contributed by atoms with Crippen molar-refractivity contribution in [2.45, 2.75) is 200 Å². The Bertz CT molecular complexity index is 1380. The van der Waals surface area contributed by atoms with Crippen LogP contribution in [0.5, 0.6) is 0 Å². The highest BCUT2D eigenvalue weighted by Gasteiger charge is 2.23. The predicted octanol–water partition coefficient (Wildman–Crippen LogP) is 10.1. The zero-order chi connectivity index (χ0) is 43.0. The number of unbranched alkanes of at least 4 members (excludes halogenated alkanes) is 12. The van der Waals surface area contributed by atoms with Crippen LogP contribution in [0.3, 0.4) is 0 Å². The zero-order valence-electron chi connectivity index (χ0n) is 37.6. The van der Waals surface area contributed by atoms with E-state index in [9.17, 15) is 14.4 Å². The first kappa shape index (κ1) is 51.8. The molecule has 1 atom stereocenters. The number of rotatable bonds is 37. The van der Waals surface area contributed by atoms with E-state index in [1.807, 2.05) is 32.0 Å². The van der Waals surface area contributed by atoms with Crippen molar-refractivity contribution >= 4 is 17.9 Å². The molecule has 0 radical (unpaired) electrons. The lowest BCUT2D eigenvalue weighted by Crippen LogP contribution is -2.31. The maximum absolute atomic E-state index is 12.8. The largest absolute Gasteiger partial charge is 0.463 e. The van der Waals surface area contributed by atoms with Gasteiger partial charge in [-0.3, -0.25) is 14.4 Å². The maximum atomic E-state index is 12.8. The molecule has 1 heterocycles. The molecule has 12 heteroatoms. The van der Waals surface area contributed by atoms with Gasteiger partial charge in [0.15, 0.2) is 6.10 Å². The number of carbonyl (C=O) groups excluding carboxylic acids is 3. The van der Waals surface area contributed by atoms with Crippen LogP contribution in [0.4, 0.5) is 0 Å². The standard InChI is InChI=1S/C47H79N3O9/c1-7-9-11-13-15-17-22-26-43(51)56-39-42(59-45(53)27-23-18-16-14-12-10-8-2)37-50-36-41(48-49-50)28-29-44(52)55-35-34-54-32-30-46(3,4)57-33-31-47(5,6)58-38-40-24-20-19-21-25-40/h19-21,24-25,36,42H,7-18,22-23,26-35,37-39H2,1-6H3. The second-order valence-corrected chi connectivity index (χ2v) is 16.9. The van der Waals surface area contributed by atoms with Gasteiger partial charge in [-0.25, -0.2) is 4.68 Å². The molecule has 0 amide bonds. The van der Waals surface area contributed by atoms with E-state index in [0.717, 1.165) is 50.5 Å². The fourth-order valence-corrected chi connectivity index (χ4v) is 6.34. The summed E-state index contributed by atoms with van der Waals surface area (Å²) in [7, 11) is 0. The van der Waals surface area contributed by atoms with Gasteiger partial charge in [0.05, 0.1) is 49.7 Å². The second-order valence-electron chi connectivity index (χ2n) is 16.9. The molecule has 0 aliphatic heterocycles. The van der Waals surface area contributed by atoms with E-state index in [0.29, 0.717) is 57.8 Å². The Hall–Kier alpha value is -3.35. The normalized spacial score (nSPS) is 12.4. The number of hydrogen-bond donors (Lipinski definition) is 0. The van der Waals surface area contributed by atoms with Crippen LogP contribution in [0, 0.1) is 0 Å². The fraction of sp³-hybridized carbons (Fsp3) is 0.766. The molecule has 336 valence electrons. The molecule has 0 spiro atoms. The third-order valence-corrected chi connectivity index (χ3v) is 10.3. The third-order valence-electron chi connectivity index (χ3n) is 10.3. The molecule has 1 unspecified atom stereocenters. The third kappa shape index (κ3) is 27.9. The molecule has 0 aliphatic rings. The summed E-state index contributed by atoms with van der Waals surface area (Å²) in [5.74, 6) is -0.950. The van der Waals surface area contributed by atoms with Gasteiger partial charge in [-0.2, -0.15) is 0 Å². The quantitative estimate of drug-likeness (QED) is 0.0365. The molecule has 0 fully saturated rings. The van der Waals surface area contributed by atoms with E-state index in [-0.39, 0.29) is 55.3 Å². The van der Waals surface area contributed by atoms with Gasteiger partial charge in [0.1, 0.15) is 13.2 Å². The molecular formula is C47H79N3O9. The molecule has 0 aliphatic carbocycles. The van der Waals surface area contributed by atoms with E-state index in [1.54, 1.807) is 10.9 Å². The van der Waals surface area contributed by atoms with Crippen LogP contribution in [0.15, 0.2) is 36.5 Å². The van der Waals surface area contributed by atoms with Gasteiger partial charge in [0.25, 0.3) is 0 Å². The summed E-state index contributed by atoms with van der Waals surface area (Å²) in [5.41, 5.74) is 1.08. The lowest BCUT2D eigenvalue weighted by atomic mass is 10.0. The number of hydrogen-bond acceptors (Lipinski definition) is 11. The lowest BCUT2D eigenvalue weighted by Gasteiger charge is -2.30. The van der Waals surface area contributed by atoms with Crippen LogP contribution in [0.25, 0.3) is 0 Å². The van der Waals surface area contributed by atoms with Gasteiger partial charge in [-0.15, -0.1) is 5.10 Å². The molecule has 1 aromatic carbocycles. The Morgan fingerprint density at radius 2 is 1.22 bits per heavy atom. The monoisotopic (exact) mass is 830 g/mol. The first-order valence-electron chi connectivity index (χ1n) is 22.7. The summed E-state index contributed by atoms with van der Waals surface area (Å²) in [6.07, 6.45) is 19.2. The minimum Gasteiger partial charge on any atom is -0.463 e. The molecule has 12 nitrogen and oxygen atoms in total.